The van der Waals surface area contributed by atoms with E-state index in [-0.39, 0.29) is 18.1 Å². The molecule has 2 aromatic carbocycles. The first-order valence-corrected chi connectivity index (χ1v) is 9.53. The number of amides is 1. The summed E-state index contributed by atoms with van der Waals surface area (Å²) in [5.41, 5.74) is 0.694. The molecule has 1 aromatic heterocycles. The molecule has 0 spiro atoms. The molecular formula is C20H22FN3O2S. The number of rotatable bonds is 8. The number of aromatic nitrogens is 1. The van der Waals surface area contributed by atoms with Gasteiger partial charge >= 0.3 is 0 Å². The van der Waals surface area contributed by atoms with E-state index in [1.807, 2.05) is 49.3 Å². The lowest BCUT2D eigenvalue weighted by atomic mass is 10.3. The summed E-state index contributed by atoms with van der Waals surface area (Å²) in [7, 11) is 3.91. The van der Waals surface area contributed by atoms with Crippen LogP contribution in [0.1, 0.15) is 6.42 Å². The van der Waals surface area contributed by atoms with Crippen LogP contribution in [0.3, 0.4) is 0 Å². The van der Waals surface area contributed by atoms with Gasteiger partial charge in [0.25, 0.3) is 0 Å². The topological polar surface area (TPSA) is 45.7 Å². The van der Waals surface area contributed by atoms with E-state index in [1.54, 1.807) is 11.0 Å². The number of halogens is 1. The monoisotopic (exact) mass is 387 g/mol. The fourth-order valence-corrected chi connectivity index (χ4v) is 3.57. The first-order valence-electron chi connectivity index (χ1n) is 8.72. The number of likely N-dealkylation sites (N-methyl/N-ethyl adjacent to an activating group) is 1. The van der Waals surface area contributed by atoms with Crippen molar-refractivity contribution < 1.29 is 13.9 Å². The molecular weight excluding hydrogens is 365 g/mol. The smallest absolute Gasteiger partial charge is 0.232 e. The van der Waals surface area contributed by atoms with Gasteiger partial charge in [0.1, 0.15) is 11.6 Å². The van der Waals surface area contributed by atoms with Crippen LogP contribution < -0.4 is 9.64 Å². The fourth-order valence-electron chi connectivity index (χ4n) is 2.54. The number of hydrogen-bond acceptors (Lipinski definition) is 5. The van der Waals surface area contributed by atoms with Gasteiger partial charge in [-0.05, 0) is 44.4 Å². The number of nitrogens with zero attached hydrogens (tertiary/aromatic N) is 3. The van der Waals surface area contributed by atoms with Crippen LogP contribution in [0.4, 0.5) is 9.52 Å². The number of ether oxygens (including phenoxy) is 1. The minimum Gasteiger partial charge on any atom is -0.493 e. The third kappa shape index (κ3) is 5.24. The van der Waals surface area contributed by atoms with Crippen LogP contribution in [0.25, 0.3) is 10.2 Å². The van der Waals surface area contributed by atoms with E-state index < -0.39 is 0 Å². The van der Waals surface area contributed by atoms with Crippen LogP contribution in [0.5, 0.6) is 5.75 Å². The second-order valence-corrected chi connectivity index (χ2v) is 7.38. The molecule has 27 heavy (non-hydrogen) atoms. The Balaban J connectivity index is 1.71. The minimum atomic E-state index is -0.305. The largest absolute Gasteiger partial charge is 0.493 e. The molecule has 0 atom stereocenters. The van der Waals surface area contributed by atoms with Crippen LogP contribution in [-0.2, 0) is 4.79 Å². The Bertz CT molecular complexity index is 899. The zero-order valence-electron chi connectivity index (χ0n) is 15.4. The first-order chi connectivity index (χ1) is 13.0. The van der Waals surface area contributed by atoms with Crippen molar-refractivity contribution in [1.82, 2.24) is 9.88 Å². The molecule has 7 heteroatoms. The molecule has 0 N–H and O–H groups in total. The number of fused-ring (bicyclic) bond motifs is 1. The fraction of sp³-hybridized carbons (Fsp3) is 0.300. The molecule has 0 bridgehead atoms. The van der Waals surface area contributed by atoms with E-state index in [9.17, 15) is 9.18 Å². The Morgan fingerprint density at radius 2 is 1.93 bits per heavy atom. The highest BCUT2D eigenvalue weighted by atomic mass is 32.1. The summed E-state index contributed by atoms with van der Waals surface area (Å²) in [5, 5.41) is 0.585. The molecule has 1 heterocycles. The molecule has 0 aliphatic rings. The average molecular weight is 387 g/mol. The van der Waals surface area contributed by atoms with Crippen LogP contribution >= 0.6 is 11.3 Å². The molecule has 0 saturated carbocycles. The molecule has 0 saturated heterocycles. The maximum atomic E-state index is 13.5. The molecule has 1 amide bonds. The molecule has 3 aromatic rings. The van der Waals surface area contributed by atoms with Gasteiger partial charge in [-0.25, -0.2) is 9.37 Å². The summed E-state index contributed by atoms with van der Waals surface area (Å²) >= 11 is 1.32. The second kappa shape index (κ2) is 8.92. The Morgan fingerprint density at radius 1 is 1.15 bits per heavy atom. The zero-order valence-corrected chi connectivity index (χ0v) is 16.2. The number of thiazole rings is 1. The Labute approximate surface area is 162 Å². The van der Waals surface area contributed by atoms with Gasteiger partial charge in [0.2, 0.25) is 5.91 Å². The van der Waals surface area contributed by atoms with Crippen molar-refractivity contribution in [2.45, 2.75) is 6.42 Å². The third-order valence-corrected chi connectivity index (χ3v) is 5.01. The molecule has 5 nitrogen and oxygen atoms in total. The number of carbonyl (C=O) groups excluding carboxylic acids is 1. The highest BCUT2D eigenvalue weighted by molar-refractivity contribution is 7.22. The number of para-hydroxylation sites is 1. The summed E-state index contributed by atoms with van der Waals surface area (Å²) < 4.78 is 19.8. The lowest BCUT2D eigenvalue weighted by Gasteiger charge is -2.22. The van der Waals surface area contributed by atoms with E-state index in [0.717, 1.165) is 10.4 Å². The molecule has 142 valence electrons. The van der Waals surface area contributed by atoms with E-state index in [4.69, 9.17) is 4.74 Å². The molecule has 0 aliphatic heterocycles. The standard InChI is InChI=1S/C20H22FN3O2S/c1-23(2)11-12-24(19(25)10-13-26-16-6-4-3-5-7-16)20-22-17-9-8-15(21)14-18(17)27-20/h3-9,14H,10-13H2,1-2H3. The van der Waals surface area contributed by atoms with Gasteiger partial charge in [-0.1, -0.05) is 29.5 Å². The van der Waals surface area contributed by atoms with Crippen LogP contribution in [0.2, 0.25) is 0 Å². The molecule has 0 radical (unpaired) electrons. The minimum absolute atomic E-state index is 0.0627. The number of hydrogen-bond donors (Lipinski definition) is 0. The number of carbonyl (C=O) groups is 1. The van der Waals surface area contributed by atoms with E-state index in [1.165, 1.54) is 23.5 Å². The quantitative estimate of drug-likeness (QED) is 0.590. The van der Waals surface area contributed by atoms with Gasteiger partial charge in [0.05, 0.1) is 23.2 Å². The van der Waals surface area contributed by atoms with Crippen molar-refractivity contribution in [3.05, 3.63) is 54.3 Å². The second-order valence-electron chi connectivity index (χ2n) is 6.37. The van der Waals surface area contributed by atoms with Crippen molar-refractivity contribution in [3.63, 3.8) is 0 Å². The Morgan fingerprint density at radius 3 is 2.67 bits per heavy atom. The van der Waals surface area contributed by atoms with Gasteiger partial charge in [0.15, 0.2) is 5.13 Å². The van der Waals surface area contributed by atoms with Crippen molar-refractivity contribution >= 4 is 32.6 Å². The summed E-state index contributed by atoms with van der Waals surface area (Å²) in [6.45, 7) is 1.51. The average Bonchev–Trinajstić information content (AvgIpc) is 3.05. The SMILES string of the molecule is CN(C)CCN(C(=O)CCOc1ccccc1)c1nc2ccc(F)cc2s1. The van der Waals surface area contributed by atoms with Gasteiger partial charge in [-0.3, -0.25) is 9.69 Å². The summed E-state index contributed by atoms with van der Waals surface area (Å²) in [4.78, 5) is 21.0. The normalized spacial score (nSPS) is 11.1. The molecule has 0 aliphatic carbocycles. The number of anilines is 1. The summed E-state index contributed by atoms with van der Waals surface area (Å²) in [5.74, 6) is 0.369. The first kappa shape index (κ1) is 19.3. The highest BCUT2D eigenvalue weighted by Crippen LogP contribution is 2.29. The molecule has 3 rings (SSSR count). The van der Waals surface area contributed by atoms with Crippen LogP contribution in [0, 0.1) is 5.82 Å². The lowest BCUT2D eigenvalue weighted by Crippen LogP contribution is -2.37. The third-order valence-electron chi connectivity index (χ3n) is 3.97. The molecule has 0 unspecified atom stereocenters. The summed E-state index contributed by atoms with van der Waals surface area (Å²) in [6, 6.07) is 13.9. The van der Waals surface area contributed by atoms with Gasteiger partial charge < -0.3 is 9.64 Å². The summed E-state index contributed by atoms with van der Waals surface area (Å²) in [6.07, 6.45) is 0.243. The zero-order chi connectivity index (χ0) is 19.2. The maximum absolute atomic E-state index is 13.5. The van der Waals surface area contributed by atoms with Crippen molar-refractivity contribution in [1.29, 1.82) is 0 Å². The van der Waals surface area contributed by atoms with Crippen molar-refractivity contribution in [2.75, 3.05) is 38.7 Å². The van der Waals surface area contributed by atoms with Gasteiger partial charge in [-0.2, -0.15) is 0 Å². The van der Waals surface area contributed by atoms with E-state index in [2.05, 4.69) is 4.98 Å². The highest BCUT2D eigenvalue weighted by Gasteiger charge is 2.20. The predicted octanol–water partition coefficient (Wildman–Crippen LogP) is 3.80. The lowest BCUT2D eigenvalue weighted by molar-refractivity contribution is -0.119. The predicted molar refractivity (Wildman–Crippen MR) is 107 cm³/mol. The van der Waals surface area contributed by atoms with Crippen molar-refractivity contribution in [3.8, 4) is 5.75 Å². The number of benzene rings is 2. The Kier molecular flexibility index (Phi) is 6.36. The maximum Gasteiger partial charge on any atom is 0.232 e. The van der Waals surface area contributed by atoms with Crippen LogP contribution in [-0.4, -0.2) is 49.6 Å². The molecule has 0 fully saturated rings. The van der Waals surface area contributed by atoms with Crippen LogP contribution in [0.15, 0.2) is 48.5 Å². The van der Waals surface area contributed by atoms with Gasteiger partial charge in [0, 0.05) is 13.1 Å². The van der Waals surface area contributed by atoms with E-state index in [0.29, 0.717) is 30.3 Å². The van der Waals surface area contributed by atoms with Crippen molar-refractivity contribution in [2.24, 2.45) is 0 Å². The van der Waals surface area contributed by atoms with Gasteiger partial charge in [-0.15, -0.1) is 0 Å². The van der Waals surface area contributed by atoms with E-state index >= 15 is 0 Å². The Hall–Kier alpha value is -2.51.